The highest BCUT2D eigenvalue weighted by Crippen LogP contribution is 2.36. The number of aromatic nitrogens is 4. The van der Waals surface area contributed by atoms with E-state index in [0.717, 1.165) is 46.6 Å². The molecular weight excluding hydrogens is 610 g/mol. The highest BCUT2D eigenvalue weighted by Gasteiger charge is 2.22. The first kappa shape index (κ1) is 31.3. The molecule has 0 amide bonds. The molecular formula is C37H37N5O6. The van der Waals surface area contributed by atoms with Gasteiger partial charge >= 0.3 is 0 Å². The van der Waals surface area contributed by atoms with Crippen molar-refractivity contribution < 1.29 is 28.4 Å². The molecule has 2 aliphatic heterocycles. The molecule has 48 heavy (non-hydrogen) atoms. The maximum Gasteiger partial charge on any atom is 0.162 e. The van der Waals surface area contributed by atoms with Crippen molar-refractivity contribution in [3.05, 3.63) is 90.3 Å². The molecule has 4 heterocycles. The third kappa shape index (κ3) is 6.58. The standard InChI is InChI=1S/C37H37N5O6/c1-43-34-7-4-26(20-36(34)47-30-12-17-45-23-30)32-9-14-39-41(32)16-11-25-19-29(6-3-28(25)22-38)42-33(10-15-40-42)27-5-8-35(44-2)37(21-27)48-31-13-18-46-24-31/h3-10,14-15,19-21,30-31H,11-13,16-18,23-24H2,1-2H3/t30-,31-/m1/s1. The first-order valence-electron chi connectivity index (χ1n) is 16.1. The van der Waals surface area contributed by atoms with Crippen LogP contribution < -0.4 is 18.9 Å². The van der Waals surface area contributed by atoms with E-state index < -0.39 is 0 Å². The number of aryl methyl sites for hydroxylation is 2. The second kappa shape index (κ2) is 14.2. The number of benzene rings is 3. The van der Waals surface area contributed by atoms with Crippen LogP contribution in [-0.4, -0.2) is 72.4 Å². The molecule has 0 N–H and O–H groups in total. The van der Waals surface area contributed by atoms with Crippen LogP contribution in [0.25, 0.3) is 28.2 Å². The lowest BCUT2D eigenvalue weighted by Crippen LogP contribution is -2.16. The van der Waals surface area contributed by atoms with Gasteiger partial charge in [-0.3, -0.25) is 4.68 Å². The normalized spacial score (nSPS) is 17.3. The lowest BCUT2D eigenvalue weighted by molar-refractivity contribution is 0.138. The number of nitrogens with zero attached hydrogens (tertiary/aromatic N) is 5. The molecule has 5 aromatic rings. The van der Waals surface area contributed by atoms with E-state index in [1.807, 2.05) is 76.1 Å². The molecule has 2 saturated heterocycles. The third-order valence-electron chi connectivity index (χ3n) is 8.69. The zero-order valence-corrected chi connectivity index (χ0v) is 27.0. The molecule has 0 spiro atoms. The van der Waals surface area contributed by atoms with E-state index in [4.69, 9.17) is 28.4 Å². The molecule has 11 heteroatoms. The molecule has 0 bridgehead atoms. The van der Waals surface area contributed by atoms with Crippen LogP contribution in [0.2, 0.25) is 0 Å². The maximum atomic E-state index is 9.99. The summed E-state index contributed by atoms with van der Waals surface area (Å²) in [6.45, 7) is 3.08. The van der Waals surface area contributed by atoms with E-state index in [0.29, 0.717) is 68.0 Å². The Labute approximate surface area is 279 Å². The van der Waals surface area contributed by atoms with Crippen molar-refractivity contribution in [3.8, 4) is 57.3 Å². The molecule has 0 radical (unpaired) electrons. The first-order chi connectivity index (χ1) is 23.6. The third-order valence-corrected chi connectivity index (χ3v) is 8.69. The number of nitriles is 1. The Morgan fingerprint density at radius 1 is 0.750 bits per heavy atom. The summed E-state index contributed by atoms with van der Waals surface area (Å²) in [7, 11) is 3.28. The van der Waals surface area contributed by atoms with Crippen molar-refractivity contribution in [1.82, 2.24) is 19.6 Å². The van der Waals surface area contributed by atoms with Gasteiger partial charge in [0.05, 0.1) is 75.6 Å². The predicted octanol–water partition coefficient (Wildman–Crippen LogP) is 5.87. The Morgan fingerprint density at radius 2 is 1.38 bits per heavy atom. The van der Waals surface area contributed by atoms with Crippen molar-refractivity contribution in [2.75, 3.05) is 40.6 Å². The zero-order valence-electron chi connectivity index (χ0n) is 27.0. The highest BCUT2D eigenvalue weighted by atomic mass is 16.6. The predicted molar refractivity (Wildman–Crippen MR) is 178 cm³/mol. The van der Waals surface area contributed by atoms with Crippen molar-refractivity contribution in [1.29, 1.82) is 5.26 Å². The van der Waals surface area contributed by atoms with Crippen molar-refractivity contribution in [3.63, 3.8) is 0 Å². The molecule has 2 aromatic heterocycles. The van der Waals surface area contributed by atoms with Crippen molar-refractivity contribution >= 4 is 0 Å². The SMILES string of the molecule is COc1ccc(-c2ccnn2CCc2cc(-n3nccc3-c3ccc(OC)c(O[C@@H]4CCOC4)c3)ccc2C#N)cc1O[C@@H]1CCOC1. The number of methoxy groups -OCH3 is 2. The van der Waals surface area contributed by atoms with Gasteiger partial charge in [0, 0.05) is 36.7 Å². The molecule has 0 unspecified atom stereocenters. The summed E-state index contributed by atoms with van der Waals surface area (Å²) in [6.07, 6.45) is 5.81. The van der Waals surface area contributed by atoms with Gasteiger partial charge in [0.15, 0.2) is 23.0 Å². The zero-order chi connectivity index (χ0) is 32.9. The van der Waals surface area contributed by atoms with Crippen LogP contribution in [0.5, 0.6) is 23.0 Å². The summed E-state index contributed by atoms with van der Waals surface area (Å²) in [4.78, 5) is 0. The number of hydrogen-bond donors (Lipinski definition) is 0. The fraction of sp³-hybridized carbons (Fsp3) is 0.324. The first-order valence-corrected chi connectivity index (χ1v) is 16.1. The number of ether oxygens (including phenoxy) is 6. The van der Waals surface area contributed by atoms with Gasteiger partial charge in [0.1, 0.15) is 12.2 Å². The van der Waals surface area contributed by atoms with Crippen LogP contribution in [0.1, 0.15) is 24.0 Å². The number of rotatable bonds is 12. The lowest BCUT2D eigenvalue weighted by Gasteiger charge is -2.17. The van der Waals surface area contributed by atoms with Crippen molar-refractivity contribution in [2.24, 2.45) is 0 Å². The Kier molecular flexibility index (Phi) is 9.27. The molecule has 2 atom stereocenters. The molecule has 3 aromatic carbocycles. The van der Waals surface area contributed by atoms with Crippen LogP contribution >= 0.6 is 0 Å². The summed E-state index contributed by atoms with van der Waals surface area (Å²) in [5.74, 6) is 2.68. The van der Waals surface area contributed by atoms with Gasteiger partial charge in [-0.15, -0.1) is 0 Å². The average Bonchev–Trinajstić information content (AvgIpc) is 3.96. The Bertz CT molecular complexity index is 1920. The molecule has 0 aliphatic carbocycles. The van der Waals surface area contributed by atoms with Crippen LogP contribution in [0, 0.1) is 11.3 Å². The maximum absolute atomic E-state index is 9.99. The van der Waals surface area contributed by atoms with Gasteiger partial charge in [0.25, 0.3) is 0 Å². The fourth-order valence-electron chi connectivity index (χ4n) is 6.16. The minimum Gasteiger partial charge on any atom is -0.493 e. The minimum absolute atomic E-state index is 0.00169. The minimum atomic E-state index is -0.0115. The lowest BCUT2D eigenvalue weighted by atomic mass is 10.0. The Hall–Kier alpha value is -5.31. The average molecular weight is 648 g/mol. The molecule has 246 valence electrons. The second-order valence-corrected chi connectivity index (χ2v) is 11.7. The summed E-state index contributed by atoms with van der Waals surface area (Å²) in [5.41, 5.74) is 6.07. The van der Waals surface area contributed by atoms with Crippen LogP contribution in [0.4, 0.5) is 0 Å². The van der Waals surface area contributed by atoms with Crippen LogP contribution in [-0.2, 0) is 22.4 Å². The molecule has 2 fully saturated rings. The van der Waals surface area contributed by atoms with E-state index in [1.165, 1.54) is 0 Å². The molecule has 0 saturated carbocycles. The summed E-state index contributed by atoms with van der Waals surface area (Å²) in [5, 5.41) is 19.3. The molecule has 7 rings (SSSR count). The van der Waals surface area contributed by atoms with Gasteiger partial charge in [-0.1, -0.05) is 0 Å². The van der Waals surface area contributed by atoms with E-state index in [2.05, 4.69) is 16.3 Å². The molecule has 11 nitrogen and oxygen atoms in total. The van der Waals surface area contributed by atoms with E-state index in [9.17, 15) is 5.26 Å². The summed E-state index contributed by atoms with van der Waals surface area (Å²) < 4.78 is 38.4. The van der Waals surface area contributed by atoms with E-state index in [1.54, 1.807) is 26.6 Å². The number of hydrogen-bond acceptors (Lipinski definition) is 9. The Morgan fingerprint density at radius 3 is 1.98 bits per heavy atom. The van der Waals surface area contributed by atoms with Crippen LogP contribution in [0.3, 0.4) is 0 Å². The van der Waals surface area contributed by atoms with Gasteiger partial charge in [0.2, 0.25) is 0 Å². The summed E-state index contributed by atoms with van der Waals surface area (Å²) >= 11 is 0. The van der Waals surface area contributed by atoms with Crippen LogP contribution in [0.15, 0.2) is 79.1 Å². The van der Waals surface area contributed by atoms with Gasteiger partial charge < -0.3 is 28.4 Å². The van der Waals surface area contributed by atoms with Crippen molar-refractivity contribution in [2.45, 2.75) is 38.0 Å². The Balaban J connectivity index is 1.13. The monoisotopic (exact) mass is 647 g/mol. The quantitative estimate of drug-likeness (QED) is 0.164. The topological polar surface area (TPSA) is 115 Å². The van der Waals surface area contributed by atoms with Gasteiger partial charge in [-0.25, -0.2) is 4.68 Å². The van der Waals surface area contributed by atoms with Gasteiger partial charge in [-0.2, -0.15) is 15.5 Å². The second-order valence-electron chi connectivity index (χ2n) is 11.7. The molecule has 2 aliphatic rings. The van der Waals surface area contributed by atoms with Gasteiger partial charge in [-0.05, 0) is 78.7 Å². The van der Waals surface area contributed by atoms with E-state index in [-0.39, 0.29) is 12.2 Å². The summed E-state index contributed by atoms with van der Waals surface area (Å²) in [6, 6.07) is 23.9. The largest absolute Gasteiger partial charge is 0.493 e. The van der Waals surface area contributed by atoms with E-state index >= 15 is 0 Å². The highest BCUT2D eigenvalue weighted by molar-refractivity contribution is 5.67. The fourth-order valence-corrected chi connectivity index (χ4v) is 6.16. The smallest absolute Gasteiger partial charge is 0.162 e.